The van der Waals surface area contributed by atoms with Crippen LogP contribution in [0.5, 0.6) is 0 Å². The van der Waals surface area contributed by atoms with Crippen LogP contribution in [0.1, 0.15) is 33.1 Å². The van der Waals surface area contributed by atoms with Crippen molar-refractivity contribution in [2.45, 2.75) is 39.2 Å². The molecule has 1 aromatic carbocycles. The van der Waals surface area contributed by atoms with Gasteiger partial charge in [0.25, 0.3) is 0 Å². The lowest BCUT2D eigenvalue weighted by Crippen LogP contribution is -2.57. The number of morpholine rings is 1. The van der Waals surface area contributed by atoms with Crippen LogP contribution in [-0.2, 0) is 9.53 Å². The van der Waals surface area contributed by atoms with Crippen molar-refractivity contribution >= 4 is 11.6 Å². The van der Waals surface area contributed by atoms with Gasteiger partial charge in [-0.25, -0.2) is 4.39 Å². The number of piperidine rings is 1. The number of hydrogen-bond donors (Lipinski definition) is 1. The standard InChI is InChI=1S/C28H46FN5O2/c1-23(2)21-32-11-9-26(33-13-15-34(16-14-33)27-6-4-3-5-25(27)29)24(22-32)7-8-28(35)30-10-12-31-17-19-36-20-18-31/h3-6,23-24,26H,7-22H2,1-2H3,(H,30,35)/t24-,26+/m0/s1. The molecule has 0 aliphatic carbocycles. The minimum atomic E-state index is -0.134. The van der Waals surface area contributed by atoms with Gasteiger partial charge in [-0.15, -0.1) is 0 Å². The summed E-state index contributed by atoms with van der Waals surface area (Å²) in [5.74, 6) is 1.18. The Morgan fingerprint density at radius 1 is 1.06 bits per heavy atom. The first kappa shape index (κ1) is 27.3. The molecule has 0 spiro atoms. The highest BCUT2D eigenvalue weighted by Gasteiger charge is 2.35. The minimum Gasteiger partial charge on any atom is -0.379 e. The Morgan fingerprint density at radius 3 is 2.53 bits per heavy atom. The number of nitrogens with one attached hydrogen (secondary N) is 1. The molecule has 3 aliphatic rings. The maximum absolute atomic E-state index is 14.3. The number of halogens is 1. The Bertz CT molecular complexity index is 811. The Kier molecular flexibility index (Phi) is 10.4. The summed E-state index contributed by atoms with van der Waals surface area (Å²) < 4.78 is 19.7. The van der Waals surface area contributed by atoms with Crippen molar-refractivity contribution < 1.29 is 13.9 Å². The molecule has 0 bridgehead atoms. The second kappa shape index (κ2) is 13.7. The van der Waals surface area contributed by atoms with Crippen LogP contribution in [0.2, 0.25) is 0 Å². The number of likely N-dealkylation sites (tertiary alicyclic amines) is 1. The molecule has 0 unspecified atom stereocenters. The average molecular weight is 504 g/mol. The van der Waals surface area contributed by atoms with Gasteiger partial charge in [0.05, 0.1) is 18.9 Å². The summed E-state index contributed by atoms with van der Waals surface area (Å²) in [4.78, 5) is 22.4. The number of amides is 1. The van der Waals surface area contributed by atoms with E-state index in [4.69, 9.17) is 4.74 Å². The highest BCUT2D eigenvalue weighted by Crippen LogP contribution is 2.29. The second-order valence-corrected chi connectivity index (χ2v) is 11.1. The third-order valence-corrected chi connectivity index (χ3v) is 7.97. The van der Waals surface area contributed by atoms with E-state index in [1.165, 1.54) is 0 Å². The van der Waals surface area contributed by atoms with Crippen LogP contribution in [0.15, 0.2) is 24.3 Å². The first-order valence-electron chi connectivity index (χ1n) is 14.0. The normalized spacial score (nSPS) is 24.8. The monoisotopic (exact) mass is 503 g/mol. The number of rotatable bonds is 10. The summed E-state index contributed by atoms with van der Waals surface area (Å²) in [5.41, 5.74) is 0.717. The molecular weight excluding hydrogens is 457 g/mol. The third kappa shape index (κ3) is 7.88. The summed E-state index contributed by atoms with van der Waals surface area (Å²) in [6, 6.07) is 7.60. The molecule has 1 N–H and O–H groups in total. The fraction of sp³-hybridized carbons (Fsp3) is 0.750. The van der Waals surface area contributed by atoms with Crippen molar-refractivity contribution in [3.05, 3.63) is 30.1 Å². The molecule has 3 aliphatic heterocycles. The zero-order valence-corrected chi connectivity index (χ0v) is 22.3. The van der Waals surface area contributed by atoms with Crippen LogP contribution >= 0.6 is 0 Å². The van der Waals surface area contributed by atoms with E-state index in [-0.39, 0.29) is 11.7 Å². The molecule has 202 valence electrons. The highest BCUT2D eigenvalue weighted by molar-refractivity contribution is 5.75. The van der Waals surface area contributed by atoms with Crippen LogP contribution in [0.3, 0.4) is 0 Å². The van der Waals surface area contributed by atoms with Gasteiger partial charge in [-0.05, 0) is 43.4 Å². The molecule has 4 rings (SSSR count). The van der Waals surface area contributed by atoms with Gasteiger partial charge in [-0.2, -0.15) is 0 Å². The quantitative estimate of drug-likeness (QED) is 0.530. The summed E-state index contributed by atoms with van der Waals surface area (Å²) in [5, 5.41) is 3.15. The lowest BCUT2D eigenvalue weighted by atomic mass is 9.86. The first-order chi connectivity index (χ1) is 17.5. The summed E-state index contributed by atoms with van der Waals surface area (Å²) in [7, 11) is 0. The lowest BCUT2D eigenvalue weighted by molar-refractivity contribution is -0.121. The average Bonchev–Trinajstić information content (AvgIpc) is 2.88. The lowest BCUT2D eigenvalue weighted by Gasteiger charge is -2.47. The summed E-state index contributed by atoms with van der Waals surface area (Å²) >= 11 is 0. The smallest absolute Gasteiger partial charge is 0.220 e. The number of nitrogens with zero attached hydrogens (tertiary/aromatic N) is 4. The summed E-state index contributed by atoms with van der Waals surface area (Å²) in [6.45, 7) is 16.6. The van der Waals surface area contributed by atoms with Crippen LogP contribution in [-0.4, -0.2) is 112 Å². The van der Waals surface area contributed by atoms with Crippen molar-refractivity contribution in [3.8, 4) is 0 Å². The zero-order chi connectivity index (χ0) is 25.3. The molecule has 1 aromatic rings. The number of piperazine rings is 1. The molecule has 0 radical (unpaired) electrons. The molecule has 3 fully saturated rings. The number of para-hydroxylation sites is 1. The van der Waals surface area contributed by atoms with Crippen molar-refractivity contribution in [3.63, 3.8) is 0 Å². The van der Waals surface area contributed by atoms with E-state index in [0.717, 1.165) is 91.5 Å². The van der Waals surface area contributed by atoms with Gasteiger partial charge in [0.15, 0.2) is 0 Å². The molecule has 36 heavy (non-hydrogen) atoms. The largest absolute Gasteiger partial charge is 0.379 e. The van der Waals surface area contributed by atoms with Crippen LogP contribution in [0.4, 0.5) is 10.1 Å². The number of benzene rings is 1. The molecule has 3 heterocycles. The fourth-order valence-corrected chi connectivity index (χ4v) is 6.13. The maximum atomic E-state index is 14.3. The van der Waals surface area contributed by atoms with Gasteiger partial charge in [0.2, 0.25) is 5.91 Å². The van der Waals surface area contributed by atoms with E-state index in [2.05, 4.69) is 38.8 Å². The molecule has 0 aromatic heterocycles. The van der Waals surface area contributed by atoms with Gasteiger partial charge in [-0.1, -0.05) is 26.0 Å². The first-order valence-corrected chi connectivity index (χ1v) is 14.0. The number of ether oxygens (including phenoxy) is 1. The maximum Gasteiger partial charge on any atom is 0.220 e. The molecular formula is C28H46FN5O2. The van der Waals surface area contributed by atoms with Gasteiger partial charge >= 0.3 is 0 Å². The van der Waals surface area contributed by atoms with Crippen molar-refractivity contribution in [2.24, 2.45) is 11.8 Å². The molecule has 1 amide bonds. The van der Waals surface area contributed by atoms with E-state index in [1.54, 1.807) is 12.1 Å². The Morgan fingerprint density at radius 2 is 1.81 bits per heavy atom. The van der Waals surface area contributed by atoms with Gasteiger partial charge in [0.1, 0.15) is 5.82 Å². The summed E-state index contributed by atoms with van der Waals surface area (Å²) in [6.07, 6.45) is 2.67. The molecule has 2 atom stereocenters. The van der Waals surface area contributed by atoms with Crippen LogP contribution < -0.4 is 10.2 Å². The van der Waals surface area contributed by atoms with Crippen LogP contribution in [0.25, 0.3) is 0 Å². The molecule has 0 saturated carbocycles. The Hall–Kier alpha value is -1.74. The molecule has 8 heteroatoms. The van der Waals surface area contributed by atoms with E-state index in [9.17, 15) is 9.18 Å². The van der Waals surface area contributed by atoms with Crippen molar-refractivity contribution in [2.75, 3.05) is 90.1 Å². The van der Waals surface area contributed by atoms with Crippen molar-refractivity contribution in [1.82, 2.24) is 20.0 Å². The fourth-order valence-electron chi connectivity index (χ4n) is 6.13. The number of carbonyl (C=O) groups excluding carboxylic acids is 1. The van der Waals surface area contributed by atoms with Gasteiger partial charge in [-0.3, -0.25) is 14.6 Å². The van der Waals surface area contributed by atoms with E-state index >= 15 is 0 Å². The Balaban J connectivity index is 1.28. The Labute approximate surface area is 216 Å². The number of anilines is 1. The van der Waals surface area contributed by atoms with Gasteiger partial charge < -0.3 is 19.9 Å². The predicted octanol–water partition coefficient (Wildman–Crippen LogP) is 2.52. The predicted molar refractivity (Wildman–Crippen MR) is 143 cm³/mol. The molecule has 3 saturated heterocycles. The minimum absolute atomic E-state index is 0.134. The van der Waals surface area contributed by atoms with E-state index < -0.39 is 0 Å². The van der Waals surface area contributed by atoms with E-state index in [0.29, 0.717) is 36.5 Å². The second-order valence-electron chi connectivity index (χ2n) is 11.1. The zero-order valence-electron chi connectivity index (χ0n) is 22.3. The number of carbonyl (C=O) groups is 1. The van der Waals surface area contributed by atoms with Crippen molar-refractivity contribution in [1.29, 1.82) is 0 Å². The highest BCUT2D eigenvalue weighted by atomic mass is 19.1. The third-order valence-electron chi connectivity index (χ3n) is 7.97. The van der Waals surface area contributed by atoms with Crippen LogP contribution in [0, 0.1) is 17.7 Å². The van der Waals surface area contributed by atoms with Gasteiger partial charge in [0, 0.05) is 77.9 Å². The topological polar surface area (TPSA) is 51.3 Å². The SMILES string of the molecule is CC(C)CN1CC[C@@H](N2CCN(c3ccccc3F)CC2)[C@@H](CCC(=O)NCCN2CCOCC2)C1. The molecule has 7 nitrogen and oxygen atoms in total. The number of hydrogen-bond acceptors (Lipinski definition) is 6. The van der Waals surface area contributed by atoms with E-state index in [1.807, 2.05) is 12.1 Å².